The van der Waals surface area contributed by atoms with Crippen LogP contribution in [-0.4, -0.2) is 55.6 Å². The lowest BCUT2D eigenvalue weighted by atomic mass is 10.2. The number of carbonyl (C=O) groups excluding carboxylic acids is 1. The number of halogens is 1. The van der Waals surface area contributed by atoms with Gasteiger partial charge in [-0.15, -0.1) is 0 Å². The van der Waals surface area contributed by atoms with E-state index >= 15 is 0 Å². The van der Waals surface area contributed by atoms with Crippen molar-refractivity contribution in [2.24, 2.45) is 0 Å². The second kappa shape index (κ2) is 6.89. The minimum Gasteiger partial charge on any atom is -0.468 e. The molecule has 2 rings (SSSR count). The first-order valence-electron chi connectivity index (χ1n) is 6.43. The maximum Gasteiger partial charge on any atom is 0.319 e. The van der Waals surface area contributed by atoms with Gasteiger partial charge in [0.1, 0.15) is 0 Å². The second-order valence-electron chi connectivity index (χ2n) is 4.76. The van der Waals surface area contributed by atoms with E-state index in [4.69, 9.17) is 11.6 Å². The molecule has 0 saturated carbocycles. The SMILES string of the molecule is COC(=O)CN1CCN(Cc2cccc(Cl)c2)CC1. The molecule has 1 heterocycles. The third-order valence-corrected chi connectivity index (χ3v) is 3.58. The van der Waals surface area contributed by atoms with Gasteiger partial charge in [0, 0.05) is 37.7 Å². The van der Waals surface area contributed by atoms with Gasteiger partial charge in [-0.1, -0.05) is 23.7 Å². The molecular weight excluding hydrogens is 264 g/mol. The molecule has 0 aromatic heterocycles. The van der Waals surface area contributed by atoms with Crippen LogP contribution in [0, 0.1) is 0 Å². The average molecular weight is 283 g/mol. The van der Waals surface area contributed by atoms with Crippen molar-refractivity contribution in [2.45, 2.75) is 6.54 Å². The fourth-order valence-electron chi connectivity index (χ4n) is 2.25. The average Bonchev–Trinajstić information content (AvgIpc) is 2.41. The van der Waals surface area contributed by atoms with Crippen LogP contribution in [0.3, 0.4) is 0 Å². The van der Waals surface area contributed by atoms with Gasteiger partial charge < -0.3 is 4.74 Å². The van der Waals surface area contributed by atoms with Gasteiger partial charge in [-0.25, -0.2) is 0 Å². The maximum absolute atomic E-state index is 11.2. The zero-order chi connectivity index (χ0) is 13.7. The number of benzene rings is 1. The molecule has 1 aromatic rings. The molecule has 0 N–H and O–H groups in total. The standard InChI is InChI=1S/C14H19ClN2O2/c1-19-14(18)11-17-7-5-16(6-8-17)10-12-3-2-4-13(15)9-12/h2-4,9H,5-8,10-11H2,1H3. The fourth-order valence-corrected chi connectivity index (χ4v) is 2.46. The number of hydrogen-bond acceptors (Lipinski definition) is 4. The van der Waals surface area contributed by atoms with Gasteiger partial charge in [-0.2, -0.15) is 0 Å². The Kier molecular flexibility index (Phi) is 5.19. The number of carbonyl (C=O) groups is 1. The highest BCUT2D eigenvalue weighted by atomic mass is 35.5. The summed E-state index contributed by atoms with van der Waals surface area (Å²) in [5.74, 6) is -0.164. The van der Waals surface area contributed by atoms with Crippen molar-refractivity contribution in [3.8, 4) is 0 Å². The highest BCUT2D eigenvalue weighted by Crippen LogP contribution is 2.13. The normalized spacial score (nSPS) is 17.4. The molecule has 0 spiro atoms. The molecule has 0 aliphatic carbocycles. The van der Waals surface area contributed by atoms with E-state index in [0.717, 1.165) is 37.7 Å². The van der Waals surface area contributed by atoms with E-state index in [9.17, 15) is 4.79 Å². The summed E-state index contributed by atoms with van der Waals surface area (Å²) < 4.78 is 4.68. The first-order valence-corrected chi connectivity index (χ1v) is 6.81. The summed E-state index contributed by atoms with van der Waals surface area (Å²) in [4.78, 5) is 15.7. The van der Waals surface area contributed by atoms with E-state index in [0.29, 0.717) is 6.54 Å². The molecule has 1 aliphatic rings. The number of piperazine rings is 1. The number of methoxy groups -OCH3 is 1. The highest BCUT2D eigenvalue weighted by molar-refractivity contribution is 6.30. The molecule has 1 aliphatic heterocycles. The van der Waals surface area contributed by atoms with Gasteiger partial charge >= 0.3 is 5.97 Å². The van der Waals surface area contributed by atoms with E-state index in [1.54, 1.807) is 0 Å². The molecule has 1 aromatic carbocycles. The molecule has 104 valence electrons. The van der Waals surface area contributed by atoms with Crippen LogP contribution in [0.2, 0.25) is 5.02 Å². The Balaban J connectivity index is 1.79. The monoisotopic (exact) mass is 282 g/mol. The van der Waals surface area contributed by atoms with Crippen LogP contribution in [0.25, 0.3) is 0 Å². The zero-order valence-electron chi connectivity index (χ0n) is 11.1. The number of rotatable bonds is 4. The molecule has 5 heteroatoms. The summed E-state index contributed by atoms with van der Waals surface area (Å²) in [5, 5.41) is 0.779. The van der Waals surface area contributed by atoms with E-state index in [2.05, 4.69) is 20.6 Å². The maximum atomic E-state index is 11.2. The first-order chi connectivity index (χ1) is 9.17. The van der Waals surface area contributed by atoms with Crippen molar-refractivity contribution in [3.63, 3.8) is 0 Å². The Bertz CT molecular complexity index is 431. The van der Waals surface area contributed by atoms with E-state index in [1.165, 1.54) is 12.7 Å². The van der Waals surface area contributed by atoms with Crippen LogP contribution < -0.4 is 0 Å². The molecule has 0 unspecified atom stereocenters. The van der Waals surface area contributed by atoms with Crippen molar-refractivity contribution in [3.05, 3.63) is 34.9 Å². The Morgan fingerprint density at radius 1 is 1.26 bits per heavy atom. The van der Waals surface area contributed by atoms with E-state index < -0.39 is 0 Å². The molecule has 0 bridgehead atoms. The number of hydrogen-bond donors (Lipinski definition) is 0. The van der Waals surface area contributed by atoms with Gasteiger partial charge in [-0.3, -0.25) is 14.6 Å². The molecule has 4 nitrogen and oxygen atoms in total. The predicted octanol–water partition coefficient (Wildman–Crippen LogP) is 1.63. The minimum atomic E-state index is -0.164. The van der Waals surface area contributed by atoms with Crippen LogP contribution in [0.1, 0.15) is 5.56 Å². The topological polar surface area (TPSA) is 32.8 Å². The lowest BCUT2D eigenvalue weighted by Crippen LogP contribution is -2.47. The highest BCUT2D eigenvalue weighted by Gasteiger charge is 2.19. The summed E-state index contributed by atoms with van der Waals surface area (Å²) in [5.41, 5.74) is 1.23. The smallest absolute Gasteiger partial charge is 0.319 e. The van der Waals surface area contributed by atoms with Gasteiger partial charge in [0.15, 0.2) is 0 Å². The summed E-state index contributed by atoms with van der Waals surface area (Å²) in [7, 11) is 1.43. The molecule has 0 amide bonds. The second-order valence-corrected chi connectivity index (χ2v) is 5.19. The lowest BCUT2D eigenvalue weighted by Gasteiger charge is -2.34. The Morgan fingerprint density at radius 3 is 2.58 bits per heavy atom. The quantitative estimate of drug-likeness (QED) is 0.786. The summed E-state index contributed by atoms with van der Waals surface area (Å²) in [6.45, 7) is 5.02. The van der Waals surface area contributed by atoms with Crippen molar-refractivity contribution >= 4 is 17.6 Å². The zero-order valence-corrected chi connectivity index (χ0v) is 11.9. The van der Waals surface area contributed by atoms with Gasteiger partial charge in [0.2, 0.25) is 0 Å². The predicted molar refractivity (Wildman–Crippen MR) is 75.2 cm³/mol. The summed E-state index contributed by atoms with van der Waals surface area (Å²) in [6.07, 6.45) is 0. The fraction of sp³-hybridized carbons (Fsp3) is 0.500. The molecule has 1 fully saturated rings. The van der Waals surface area contributed by atoms with Crippen molar-refractivity contribution in [1.82, 2.24) is 9.80 Å². The van der Waals surface area contributed by atoms with E-state index in [1.807, 2.05) is 18.2 Å². The molecule has 1 saturated heterocycles. The van der Waals surface area contributed by atoms with Crippen molar-refractivity contribution < 1.29 is 9.53 Å². The molecule has 0 atom stereocenters. The van der Waals surface area contributed by atoms with Crippen LogP contribution >= 0.6 is 11.6 Å². The van der Waals surface area contributed by atoms with Crippen LogP contribution in [-0.2, 0) is 16.1 Å². The van der Waals surface area contributed by atoms with Crippen LogP contribution in [0.5, 0.6) is 0 Å². The Labute approximate surface area is 118 Å². The lowest BCUT2D eigenvalue weighted by molar-refractivity contribution is -0.142. The number of esters is 1. The first kappa shape index (κ1) is 14.3. The third kappa shape index (κ3) is 4.49. The largest absolute Gasteiger partial charge is 0.468 e. The van der Waals surface area contributed by atoms with E-state index in [-0.39, 0.29) is 5.97 Å². The van der Waals surface area contributed by atoms with Crippen molar-refractivity contribution in [1.29, 1.82) is 0 Å². The van der Waals surface area contributed by atoms with Gasteiger partial charge in [0.05, 0.1) is 13.7 Å². The third-order valence-electron chi connectivity index (χ3n) is 3.34. The van der Waals surface area contributed by atoms with Crippen molar-refractivity contribution in [2.75, 3.05) is 39.8 Å². The molecular formula is C14H19ClN2O2. The van der Waals surface area contributed by atoms with Crippen LogP contribution in [0.15, 0.2) is 24.3 Å². The molecule has 0 radical (unpaired) electrons. The summed E-state index contributed by atoms with van der Waals surface area (Å²) >= 11 is 5.98. The Hall–Kier alpha value is -1.10. The minimum absolute atomic E-state index is 0.164. The number of ether oxygens (including phenoxy) is 1. The van der Waals surface area contributed by atoms with Gasteiger partial charge in [-0.05, 0) is 17.7 Å². The Morgan fingerprint density at radius 2 is 1.95 bits per heavy atom. The van der Waals surface area contributed by atoms with Crippen LogP contribution in [0.4, 0.5) is 0 Å². The van der Waals surface area contributed by atoms with Gasteiger partial charge in [0.25, 0.3) is 0 Å². The molecule has 19 heavy (non-hydrogen) atoms. The number of nitrogens with zero attached hydrogens (tertiary/aromatic N) is 2. The summed E-state index contributed by atoms with van der Waals surface area (Å²) in [6, 6.07) is 7.96.